The lowest BCUT2D eigenvalue weighted by Crippen LogP contribution is -2.34. The van der Waals surface area contributed by atoms with Gasteiger partial charge in [0.1, 0.15) is 5.82 Å². The second kappa shape index (κ2) is 5.51. The molecule has 0 unspecified atom stereocenters. The molecule has 112 valence electrons. The van der Waals surface area contributed by atoms with Gasteiger partial charge in [0, 0.05) is 10.9 Å². The number of fused-ring (bicyclic) bond motifs is 1. The average molecular weight is 364 g/mol. The molecule has 8 heteroatoms. The van der Waals surface area contributed by atoms with Gasteiger partial charge in [0.25, 0.3) is 5.56 Å². The first-order chi connectivity index (χ1) is 9.78. The topological polar surface area (TPSA) is 59.2 Å². The summed E-state index contributed by atoms with van der Waals surface area (Å²) in [7, 11) is 0. The lowest BCUT2D eigenvalue weighted by Gasteiger charge is -2.15. The van der Waals surface area contributed by atoms with Crippen LogP contribution in [0.15, 0.2) is 27.5 Å². The van der Waals surface area contributed by atoms with Crippen LogP contribution in [0.4, 0.5) is 13.2 Å². The maximum Gasteiger partial charge on any atom is 0.382 e. The molecule has 2 aromatic rings. The first kappa shape index (κ1) is 15.6. The third-order valence-electron chi connectivity index (χ3n) is 2.78. The van der Waals surface area contributed by atoms with Crippen molar-refractivity contribution < 1.29 is 22.7 Å². The number of halogens is 4. The number of hydrogen-bond acceptors (Lipinski definition) is 3. The molecule has 1 N–H and O–H groups in total. The predicted octanol–water partition coefficient (Wildman–Crippen LogP) is 3.08. The minimum Gasteiger partial charge on any atom is -0.461 e. The van der Waals surface area contributed by atoms with Gasteiger partial charge in [0.2, 0.25) is 0 Å². The number of aromatic amines is 1. The van der Waals surface area contributed by atoms with Crippen LogP contribution in [-0.2, 0) is 15.5 Å². The largest absolute Gasteiger partial charge is 0.461 e. The lowest BCUT2D eigenvalue weighted by atomic mass is 10.1. The SMILES string of the molecule is CCOC(=O)C(F)(F)c1cc2c(Br)c(F)ccc2[nH]c1=O. The Labute approximate surface area is 125 Å². The number of rotatable bonds is 3. The standard InChI is InChI=1S/C13H9BrF3NO3/c1-2-21-12(20)13(16,17)7-5-6-9(18-11(7)19)4-3-8(15)10(6)14/h3-5H,2H2,1H3,(H,18,19). The van der Waals surface area contributed by atoms with Gasteiger partial charge in [-0.1, -0.05) is 0 Å². The highest BCUT2D eigenvalue weighted by atomic mass is 79.9. The van der Waals surface area contributed by atoms with Crippen molar-refractivity contribution in [2.45, 2.75) is 12.8 Å². The second-order valence-corrected chi connectivity index (χ2v) is 4.92. The summed E-state index contributed by atoms with van der Waals surface area (Å²) in [4.78, 5) is 25.2. The van der Waals surface area contributed by atoms with Crippen molar-refractivity contribution in [3.8, 4) is 0 Å². The molecule has 1 aromatic heterocycles. The Morgan fingerprint density at radius 3 is 2.71 bits per heavy atom. The van der Waals surface area contributed by atoms with Crippen LogP contribution in [0.25, 0.3) is 10.9 Å². The summed E-state index contributed by atoms with van der Waals surface area (Å²) in [5.74, 6) is -6.63. The summed E-state index contributed by atoms with van der Waals surface area (Å²) in [5, 5.41) is 0.0218. The quantitative estimate of drug-likeness (QED) is 0.852. The van der Waals surface area contributed by atoms with Crippen molar-refractivity contribution in [1.29, 1.82) is 0 Å². The van der Waals surface area contributed by atoms with E-state index in [4.69, 9.17) is 0 Å². The Morgan fingerprint density at radius 2 is 2.10 bits per heavy atom. The van der Waals surface area contributed by atoms with Crippen LogP contribution >= 0.6 is 15.9 Å². The van der Waals surface area contributed by atoms with E-state index in [1.165, 1.54) is 13.0 Å². The molecule has 0 fully saturated rings. The third kappa shape index (κ3) is 2.67. The Hall–Kier alpha value is -1.83. The fourth-order valence-corrected chi connectivity index (χ4v) is 2.24. The van der Waals surface area contributed by atoms with Gasteiger partial charge in [-0.2, -0.15) is 8.78 Å². The molecule has 0 saturated carbocycles. The number of aromatic nitrogens is 1. The highest BCUT2D eigenvalue weighted by molar-refractivity contribution is 9.10. The number of carbonyl (C=O) groups excluding carboxylic acids is 1. The zero-order valence-corrected chi connectivity index (χ0v) is 12.3. The van der Waals surface area contributed by atoms with Crippen LogP contribution in [0.1, 0.15) is 12.5 Å². The number of nitrogens with one attached hydrogen (secondary N) is 1. The number of carbonyl (C=O) groups is 1. The summed E-state index contributed by atoms with van der Waals surface area (Å²) in [6, 6.07) is 3.09. The highest BCUT2D eigenvalue weighted by Crippen LogP contribution is 2.31. The van der Waals surface area contributed by atoms with E-state index in [1.54, 1.807) is 0 Å². The zero-order chi connectivity index (χ0) is 15.8. The van der Waals surface area contributed by atoms with Gasteiger partial charge >= 0.3 is 11.9 Å². The van der Waals surface area contributed by atoms with Crippen molar-refractivity contribution >= 4 is 32.8 Å². The summed E-state index contributed by atoms with van der Waals surface area (Å²) < 4.78 is 45.5. The molecule has 21 heavy (non-hydrogen) atoms. The fraction of sp³-hybridized carbons (Fsp3) is 0.231. The van der Waals surface area contributed by atoms with Crippen LogP contribution in [0.3, 0.4) is 0 Å². The van der Waals surface area contributed by atoms with Crippen LogP contribution in [-0.4, -0.2) is 17.6 Å². The van der Waals surface area contributed by atoms with Crippen LogP contribution in [0.5, 0.6) is 0 Å². The van der Waals surface area contributed by atoms with E-state index in [9.17, 15) is 22.8 Å². The molecule has 0 aliphatic carbocycles. The van der Waals surface area contributed by atoms with E-state index < -0.39 is 28.8 Å². The van der Waals surface area contributed by atoms with Crippen molar-refractivity contribution in [1.82, 2.24) is 4.98 Å². The molecule has 0 saturated heterocycles. The van der Waals surface area contributed by atoms with Gasteiger partial charge in [-0.25, -0.2) is 9.18 Å². The van der Waals surface area contributed by atoms with Gasteiger partial charge in [-0.3, -0.25) is 4.79 Å². The molecular formula is C13H9BrF3NO3. The second-order valence-electron chi connectivity index (χ2n) is 4.13. The maximum atomic E-state index is 14.0. The first-order valence-electron chi connectivity index (χ1n) is 5.85. The Bertz CT molecular complexity index is 773. The number of alkyl halides is 2. The van der Waals surface area contributed by atoms with Gasteiger partial charge < -0.3 is 9.72 Å². The molecular weight excluding hydrogens is 355 g/mol. The monoisotopic (exact) mass is 363 g/mol. The van der Waals surface area contributed by atoms with Crippen LogP contribution in [0, 0.1) is 5.82 Å². The Morgan fingerprint density at radius 1 is 1.43 bits per heavy atom. The van der Waals surface area contributed by atoms with E-state index in [-0.39, 0.29) is 22.0 Å². The fourth-order valence-electron chi connectivity index (χ4n) is 1.78. The molecule has 4 nitrogen and oxygen atoms in total. The van der Waals surface area contributed by atoms with Gasteiger partial charge in [0.05, 0.1) is 16.6 Å². The average Bonchev–Trinajstić information content (AvgIpc) is 2.42. The number of ether oxygens (including phenoxy) is 1. The Kier molecular flexibility index (Phi) is 4.08. The van der Waals surface area contributed by atoms with E-state index in [2.05, 4.69) is 25.7 Å². The number of benzene rings is 1. The van der Waals surface area contributed by atoms with Crippen molar-refractivity contribution in [3.05, 3.63) is 44.4 Å². The van der Waals surface area contributed by atoms with E-state index in [0.29, 0.717) is 0 Å². The molecule has 1 aromatic carbocycles. The molecule has 0 atom stereocenters. The van der Waals surface area contributed by atoms with Gasteiger partial charge in [-0.15, -0.1) is 0 Å². The minimum atomic E-state index is -4.12. The molecule has 0 aliphatic rings. The predicted molar refractivity (Wildman–Crippen MR) is 72.8 cm³/mol. The van der Waals surface area contributed by atoms with Crippen LogP contribution in [0.2, 0.25) is 0 Å². The molecule has 0 aliphatic heterocycles. The molecule has 2 rings (SSSR count). The summed E-state index contributed by atoms with van der Waals surface area (Å²) in [6.45, 7) is 1.11. The highest BCUT2D eigenvalue weighted by Gasteiger charge is 2.45. The first-order valence-corrected chi connectivity index (χ1v) is 6.65. The maximum absolute atomic E-state index is 14.0. The third-order valence-corrected chi connectivity index (χ3v) is 3.59. The molecule has 0 amide bonds. The van der Waals surface area contributed by atoms with E-state index in [0.717, 1.165) is 12.1 Å². The van der Waals surface area contributed by atoms with Crippen molar-refractivity contribution in [2.75, 3.05) is 6.61 Å². The molecule has 0 bridgehead atoms. The van der Waals surface area contributed by atoms with Crippen LogP contribution < -0.4 is 5.56 Å². The van der Waals surface area contributed by atoms with Crippen molar-refractivity contribution in [2.24, 2.45) is 0 Å². The zero-order valence-electron chi connectivity index (χ0n) is 10.7. The number of pyridine rings is 1. The van der Waals surface area contributed by atoms with Gasteiger partial charge in [-0.05, 0) is 41.1 Å². The molecule has 0 radical (unpaired) electrons. The molecule has 0 spiro atoms. The summed E-state index contributed by atoms with van der Waals surface area (Å²) in [5.41, 5.74) is -2.07. The van der Waals surface area contributed by atoms with E-state index >= 15 is 0 Å². The number of esters is 1. The summed E-state index contributed by atoms with van der Waals surface area (Å²) in [6.07, 6.45) is 0. The Balaban J connectivity index is 2.70. The smallest absolute Gasteiger partial charge is 0.382 e. The van der Waals surface area contributed by atoms with Gasteiger partial charge in [0.15, 0.2) is 0 Å². The lowest BCUT2D eigenvalue weighted by molar-refractivity contribution is -0.173. The molecule has 1 heterocycles. The van der Waals surface area contributed by atoms with Crippen molar-refractivity contribution in [3.63, 3.8) is 0 Å². The number of H-pyrrole nitrogens is 1. The normalized spacial score (nSPS) is 11.7. The summed E-state index contributed by atoms with van der Waals surface area (Å²) >= 11 is 2.92. The minimum absolute atomic E-state index is 0.0218. The van der Waals surface area contributed by atoms with E-state index in [1.807, 2.05) is 0 Å². The number of hydrogen-bond donors (Lipinski definition) is 1.